The Morgan fingerprint density at radius 2 is 1.95 bits per heavy atom. The molecule has 1 aromatic heterocycles. The lowest BCUT2D eigenvalue weighted by molar-refractivity contribution is 0.0907. The van der Waals surface area contributed by atoms with E-state index in [1.165, 1.54) is 20.5 Å². The van der Waals surface area contributed by atoms with Crippen molar-refractivity contribution in [2.45, 2.75) is 19.4 Å². The van der Waals surface area contributed by atoms with Gasteiger partial charge in [0, 0.05) is 12.6 Å². The fourth-order valence-corrected chi connectivity index (χ4v) is 2.28. The van der Waals surface area contributed by atoms with E-state index in [9.17, 15) is 4.79 Å². The molecule has 1 saturated heterocycles. The molecule has 0 bridgehead atoms. The first kappa shape index (κ1) is 17.5. The van der Waals surface area contributed by atoms with Gasteiger partial charge >= 0.3 is 0 Å². The highest BCUT2D eigenvalue weighted by Gasteiger charge is 2.27. The van der Waals surface area contributed by atoms with Crippen LogP contribution in [0.4, 0.5) is 0 Å². The summed E-state index contributed by atoms with van der Waals surface area (Å²) in [5.74, 6) is 0.568. The number of amides is 1. The van der Waals surface area contributed by atoms with Crippen LogP contribution in [0.15, 0.2) is 6.33 Å². The Morgan fingerprint density at radius 3 is 2.48 bits per heavy atom. The zero-order valence-electron chi connectivity index (χ0n) is 12.4. The van der Waals surface area contributed by atoms with E-state index >= 15 is 0 Å². The molecule has 0 spiro atoms. The summed E-state index contributed by atoms with van der Waals surface area (Å²) in [6.07, 6.45) is 2.34. The summed E-state index contributed by atoms with van der Waals surface area (Å²) in [5, 5.41) is 6.26. The zero-order valence-corrected chi connectivity index (χ0v) is 13.2. The second-order valence-corrected chi connectivity index (χ2v) is 4.82. The van der Waals surface area contributed by atoms with E-state index in [-0.39, 0.29) is 41.7 Å². The largest absolute Gasteiger partial charge is 0.480 e. The van der Waals surface area contributed by atoms with Gasteiger partial charge in [-0.25, -0.2) is 9.97 Å². The molecule has 2 N–H and O–H groups in total. The number of ether oxygens (including phenoxy) is 2. The van der Waals surface area contributed by atoms with E-state index in [1.54, 1.807) is 0 Å². The van der Waals surface area contributed by atoms with Crippen LogP contribution >= 0.6 is 12.4 Å². The molecule has 0 aliphatic carbocycles. The molecule has 1 aromatic rings. The molecule has 1 aliphatic heterocycles. The van der Waals surface area contributed by atoms with Crippen molar-refractivity contribution >= 4 is 18.3 Å². The van der Waals surface area contributed by atoms with E-state index in [0.29, 0.717) is 5.92 Å². The van der Waals surface area contributed by atoms with Crippen LogP contribution in [-0.4, -0.2) is 49.2 Å². The summed E-state index contributed by atoms with van der Waals surface area (Å²) in [5.41, 5.74) is 0.232. The van der Waals surface area contributed by atoms with Crippen molar-refractivity contribution in [2.75, 3.05) is 27.3 Å². The highest BCUT2D eigenvalue weighted by atomic mass is 35.5. The van der Waals surface area contributed by atoms with Gasteiger partial charge in [0.05, 0.1) is 14.2 Å². The molecule has 21 heavy (non-hydrogen) atoms. The predicted molar refractivity (Wildman–Crippen MR) is 80.3 cm³/mol. The number of methoxy groups -OCH3 is 2. The van der Waals surface area contributed by atoms with Gasteiger partial charge in [0.2, 0.25) is 11.8 Å². The first-order chi connectivity index (χ1) is 9.67. The minimum atomic E-state index is -0.278. The molecule has 2 rings (SSSR count). The third-order valence-electron chi connectivity index (χ3n) is 3.54. The summed E-state index contributed by atoms with van der Waals surface area (Å²) in [4.78, 5) is 20.3. The van der Waals surface area contributed by atoms with Gasteiger partial charge in [0.1, 0.15) is 6.33 Å². The number of carbonyl (C=O) groups excluding carboxylic acids is 1. The van der Waals surface area contributed by atoms with E-state index in [4.69, 9.17) is 9.47 Å². The van der Waals surface area contributed by atoms with Crippen molar-refractivity contribution in [2.24, 2.45) is 5.92 Å². The molecule has 2 heterocycles. The zero-order chi connectivity index (χ0) is 14.5. The SMILES string of the molecule is COc1ncnc(OC)c1C(=O)NC1CNCCC1C.Cl. The number of hydrogen-bond acceptors (Lipinski definition) is 6. The number of carbonyl (C=O) groups is 1. The topological polar surface area (TPSA) is 85.4 Å². The summed E-state index contributed by atoms with van der Waals surface area (Å²) < 4.78 is 10.2. The molecular formula is C13H21ClN4O3. The second-order valence-electron chi connectivity index (χ2n) is 4.82. The summed E-state index contributed by atoms with van der Waals surface area (Å²) >= 11 is 0. The first-order valence-electron chi connectivity index (χ1n) is 6.62. The molecule has 8 heteroatoms. The first-order valence-corrected chi connectivity index (χ1v) is 6.62. The summed E-state index contributed by atoms with van der Waals surface area (Å²) in [6, 6.07) is 0.0749. The van der Waals surface area contributed by atoms with Gasteiger partial charge in [-0.15, -0.1) is 12.4 Å². The Kier molecular flexibility index (Phi) is 6.64. The molecule has 0 saturated carbocycles. The van der Waals surface area contributed by atoms with E-state index in [0.717, 1.165) is 19.5 Å². The average molecular weight is 317 g/mol. The van der Waals surface area contributed by atoms with Crippen LogP contribution in [0.25, 0.3) is 0 Å². The molecular weight excluding hydrogens is 296 g/mol. The number of nitrogens with zero attached hydrogens (tertiary/aromatic N) is 2. The molecule has 0 radical (unpaired) electrons. The van der Waals surface area contributed by atoms with Gasteiger partial charge in [-0.2, -0.15) is 0 Å². The lowest BCUT2D eigenvalue weighted by Gasteiger charge is -2.30. The normalized spacial score (nSPS) is 21.1. The molecule has 2 unspecified atom stereocenters. The van der Waals surface area contributed by atoms with Crippen LogP contribution < -0.4 is 20.1 Å². The van der Waals surface area contributed by atoms with Gasteiger partial charge in [-0.1, -0.05) is 6.92 Å². The third kappa shape index (κ3) is 3.95. The van der Waals surface area contributed by atoms with Crippen molar-refractivity contribution in [3.8, 4) is 11.8 Å². The number of rotatable bonds is 4. The van der Waals surface area contributed by atoms with Crippen LogP contribution in [0.2, 0.25) is 0 Å². The highest BCUT2D eigenvalue weighted by molar-refractivity contribution is 5.98. The summed E-state index contributed by atoms with van der Waals surface area (Å²) in [6.45, 7) is 3.86. The van der Waals surface area contributed by atoms with Crippen molar-refractivity contribution < 1.29 is 14.3 Å². The van der Waals surface area contributed by atoms with Crippen molar-refractivity contribution in [3.63, 3.8) is 0 Å². The molecule has 1 aliphatic rings. The van der Waals surface area contributed by atoms with E-state index < -0.39 is 0 Å². The Bertz CT molecular complexity index is 464. The van der Waals surface area contributed by atoms with E-state index in [1.807, 2.05) is 0 Å². The van der Waals surface area contributed by atoms with Crippen LogP contribution in [0, 0.1) is 5.92 Å². The minimum absolute atomic E-state index is 0. The molecule has 118 valence electrons. The van der Waals surface area contributed by atoms with Crippen LogP contribution in [0.3, 0.4) is 0 Å². The van der Waals surface area contributed by atoms with Gasteiger partial charge in [-0.3, -0.25) is 4.79 Å². The van der Waals surface area contributed by atoms with Crippen LogP contribution in [0.1, 0.15) is 23.7 Å². The third-order valence-corrected chi connectivity index (χ3v) is 3.54. The van der Waals surface area contributed by atoms with Gasteiger partial charge in [0.15, 0.2) is 5.56 Å². The Labute approximate surface area is 130 Å². The lowest BCUT2D eigenvalue weighted by Crippen LogP contribution is -2.50. The van der Waals surface area contributed by atoms with Crippen molar-refractivity contribution in [1.29, 1.82) is 0 Å². The Morgan fingerprint density at radius 1 is 1.33 bits per heavy atom. The maximum absolute atomic E-state index is 12.4. The van der Waals surface area contributed by atoms with Gasteiger partial charge in [-0.05, 0) is 18.9 Å². The van der Waals surface area contributed by atoms with Crippen LogP contribution in [0.5, 0.6) is 11.8 Å². The molecule has 1 fully saturated rings. The highest BCUT2D eigenvalue weighted by Crippen LogP contribution is 2.23. The smallest absolute Gasteiger partial charge is 0.262 e. The Hall–Kier alpha value is -1.60. The van der Waals surface area contributed by atoms with Gasteiger partial charge < -0.3 is 20.1 Å². The maximum Gasteiger partial charge on any atom is 0.262 e. The standard InChI is InChI=1S/C13H20N4O3.ClH/c1-8-4-5-14-6-9(8)17-11(18)10-12(19-2)15-7-16-13(10)20-3;/h7-9,14H,4-6H2,1-3H3,(H,17,18);1H. The van der Waals surface area contributed by atoms with Gasteiger partial charge in [0.25, 0.3) is 5.91 Å². The number of aromatic nitrogens is 2. The number of piperidine rings is 1. The fraction of sp³-hybridized carbons (Fsp3) is 0.615. The number of nitrogens with one attached hydrogen (secondary N) is 2. The average Bonchev–Trinajstić information content (AvgIpc) is 2.48. The molecule has 0 aromatic carbocycles. The van der Waals surface area contributed by atoms with Crippen molar-refractivity contribution in [1.82, 2.24) is 20.6 Å². The number of halogens is 1. The van der Waals surface area contributed by atoms with Crippen molar-refractivity contribution in [3.05, 3.63) is 11.9 Å². The van der Waals surface area contributed by atoms with Crippen LogP contribution in [-0.2, 0) is 0 Å². The molecule has 1 amide bonds. The number of hydrogen-bond donors (Lipinski definition) is 2. The molecule has 7 nitrogen and oxygen atoms in total. The summed E-state index contributed by atoms with van der Waals surface area (Å²) in [7, 11) is 2.92. The monoisotopic (exact) mass is 316 g/mol. The fourth-order valence-electron chi connectivity index (χ4n) is 2.28. The second kappa shape index (κ2) is 7.99. The molecule has 2 atom stereocenters. The lowest BCUT2D eigenvalue weighted by atomic mass is 9.94. The Balaban J connectivity index is 0.00000220. The predicted octanol–water partition coefficient (Wildman–Crippen LogP) is 0.643. The quantitative estimate of drug-likeness (QED) is 0.848. The minimum Gasteiger partial charge on any atom is -0.480 e. The van der Waals surface area contributed by atoms with E-state index in [2.05, 4.69) is 27.5 Å². The maximum atomic E-state index is 12.4.